The average Bonchev–Trinajstić information content (AvgIpc) is 2.56. The largest absolute Gasteiger partial charge is 0.496 e. The Morgan fingerprint density at radius 3 is 3.10 bits per heavy atom. The van der Waals surface area contributed by atoms with Crippen molar-refractivity contribution >= 4 is 11.8 Å². The Morgan fingerprint density at radius 1 is 1.38 bits per heavy atom. The van der Waals surface area contributed by atoms with Gasteiger partial charge in [0.2, 0.25) is 0 Å². The second kappa shape index (κ2) is 7.23. The molecule has 0 amide bonds. The minimum atomic E-state index is 0.126. The van der Waals surface area contributed by atoms with E-state index in [1.54, 1.807) is 0 Å². The van der Waals surface area contributed by atoms with Gasteiger partial charge in [0.15, 0.2) is 0 Å². The third-order valence-electron chi connectivity index (χ3n) is 3.79. The molecule has 0 radical (unpaired) electrons. The highest BCUT2D eigenvalue weighted by molar-refractivity contribution is 7.99. The first-order valence-corrected chi connectivity index (χ1v) is 8.81. The molecule has 1 aromatic carbocycles. The van der Waals surface area contributed by atoms with Crippen LogP contribution in [0.15, 0.2) is 41.0 Å². The molecule has 21 heavy (non-hydrogen) atoms. The van der Waals surface area contributed by atoms with Crippen molar-refractivity contribution in [3.8, 4) is 5.75 Å². The van der Waals surface area contributed by atoms with Gasteiger partial charge in [-0.1, -0.05) is 19.1 Å². The number of nitrogens with one attached hydrogen (secondary N) is 1. The maximum Gasteiger partial charge on any atom is 0.133 e. The van der Waals surface area contributed by atoms with Gasteiger partial charge in [-0.15, -0.1) is 11.8 Å². The number of hydrogen-bond acceptors (Lipinski definition) is 4. The molecular formula is C17H23NO2S. The normalized spacial score (nSPS) is 22.5. The average molecular weight is 305 g/mol. The standard InChI is InChI=1S/C17H23NO2S/c1-2-10-18-17(14-8-5-6-11-19-14)15-12-21-16-9-4-3-7-13(16)20-15/h3-4,7-9,15,17-18H,2,5-6,10-12H2,1H3. The minimum absolute atomic E-state index is 0.126. The van der Waals surface area contributed by atoms with Crippen molar-refractivity contribution in [2.45, 2.75) is 43.2 Å². The maximum atomic E-state index is 6.24. The van der Waals surface area contributed by atoms with Gasteiger partial charge in [0.1, 0.15) is 23.7 Å². The van der Waals surface area contributed by atoms with Gasteiger partial charge in [0.25, 0.3) is 0 Å². The Balaban J connectivity index is 1.76. The summed E-state index contributed by atoms with van der Waals surface area (Å²) in [4.78, 5) is 1.24. The van der Waals surface area contributed by atoms with Crippen LogP contribution in [0.25, 0.3) is 0 Å². The van der Waals surface area contributed by atoms with E-state index in [-0.39, 0.29) is 12.1 Å². The van der Waals surface area contributed by atoms with Crippen LogP contribution in [-0.4, -0.2) is 31.1 Å². The Kier molecular flexibility index (Phi) is 5.09. The fourth-order valence-corrected chi connectivity index (χ4v) is 3.75. The molecule has 0 spiro atoms. The third-order valence-corrected chi connectivity index (χ3v) is 4.93. The van der Waals surface area contributed by atoms with Gasteiger partial charge in [-0.3, -0.25) is 0 Å². The zero-order valence-electron chi connectivity index (χ0n) is 12.5. The fourth-order valence-electron chi connectivity index (χ4n) is 2.71. The number of hydrogen-bond donors (Lipinski definition) is 1. The van der Waals surface area contributed by atoms with E-state index in [1.807, 2.05) is 17.8 Å². The lowest BCUT2D eigenvalue weighted by atomic mass is 10.1. The number of benzene rings is 1. The van der Waals surface area contributed by atoms with Gasteiger partial charge in [0.05, 0.1) is 6.61 Å². The van der Waals surface area contributed by atoms with Crippen molar-refractivity contribution in [3.63, 3.8) is 0 Å². The van der Waals surface area contributed by atoms with E-state index in [4.69, 9.17) is 9.47 Å². The Morgan fingerprint density at radius 2 is 2.29 bits per heavy atom. The van der Waals surface area contributed by atoms with E-state index >= 15 is 0 Å². The lowest BCUT2D eigenvalue weighted by Gasteiger charge is -2.34. The number of allylic oxidation sites excluding steroid dienone is 1. The molecule has 3 nitrogen and oxygen atoms in total. The highest BCUT2D eigenvalue weighted by Crippen LogP contribution is 2.36. The molecule has 0 bridgehead atoms. The molecule has 2 unspecified atom stereocenters. The molecule has 3 rings (SSSR count). The summed E-state index contributed by atoms with van der Waals surface area (Å²) >= 11 is 1.87. The molecule has 1 aromatic rings. The van der Waals surface area contributed by atoms with Gasteiger partial charge in [-0.25, -0.2) is 0 Å². The first kappa shape index (κ1) is 14.8. The molecule has 2 aliphatic heterocycles. The van der Waals surface area contributed by atoms with Crippen LogP contribution in [0.1, 0.15) is 26.2 Å². The third kappa shape index (κ3) is 3.55. The molecule has 2 aliphatic rings. The van der Waals surface area contributed by atoms with E-state index in [1.165, 1.54) is 4.90 Å². The zero-order chi connectivity index (χ0) is 14.5. The highest BCUT2D eigenvalue weighted by atomic mass is 32.2. The summed E-state index contributed by atoms with van der Waals surface area (Å²) in [6.45, 7) is 4.00. The van der Waals surface area contributed by atoms with Crippen LogP contribution in [-0.2, 0) is 4.74 Å². The Hall–Kier alpha value is -1.13. The first-order chi connectivity index (χ1) is 10.4. The molecule has 0 aliphatic carbocycles. The van der Waals surface area contributed by atoms with Crippen molar-refractivity contribution in [2.75, 3.05) is 18.9 Å². The quantitative estimate of drug-likeness (QED) is 0.900. The van der Waals surface area contributed by atoms with Crippen LogP contribution in [0.2, 0.25) is 0 Å². The molecule has 0 fully saturated rings. The fraction of sp³-hybridized carbons (Fsp3) is 0.529. The van der Waals surface area contributed by atoms with Crippen LogP contribution in [0.3, 0.4) is 0 Å². The summed E-state index contributed by atoms with van der Waals surface area (Å²) < 4.78 is 12.1. The number of rotatable bonds is 5. The number of thioether (sulfide) groups is 1. The summed E-state index contributed by atoms with van der Waals surface area (Å²) in [6.07, 6.45) is 5.69. The Bertz CT molecular complexity index is 503. The summed E-state index contributed by atoms with van der Waals surface area (Å²) in [7, 11) is 0. The SMILES string of the molecule is CCCNC(C1=CCCCO1)C1CSc2ccccc2O1. The topological polar surface area (TPSA) is 30.5 Å². The second-order valence-corrected chi connectivity index (χ2v) is 6.50. The molecule has 114 valence electrons. The number of ether oxygens (including phenoxy) is 2. The zero-order valence-corrected chi connectivity index (χ0v) is 13.3. The number of fused-ring (bicyclic) bond motifs is 1. The molecule has 2 heterocycles. The summed E-state index contributed by atoms with van der Waals surface area (Å²) in [6, 6.07) is 8.44. The van der Waals surface area contributed by atoms with Crippen LogP contribution in [0.4, 0.5) is 0 Å². The van der Waals surface area contributed by atoms with Crippen LogP contribution >= 0.6 is 11.8 Å². The van der Waals surface area contributed by atoms with Gasteiger partial charge < -0.3 is 14.8 Å². The summed E-state index contributed by atoms with van der Waals surface area (Å²) in [5, 5.41) is 3.61. The van der Waals surface area contributed by atoms with Gasteiger partial charge in [0, 0.05) is 10.6 Å². The van der Waals surface area contributed by atoms with Crippen LogP contribution < -0.4 is 10.1 Å². The number of para-hydroxylation sites is 1. The van der Waals surface area contributed by atoms with Crippen LogP contribution in [0.5, 0.6) is 5.75 Å². The lowest BCUT2D eigenvalue weighted by Crippen LogP contribution is -2.48. The molecular weight excluding hydrogens is 282 g/mol. The predicted octanol–water partition coefficient (Wildman–Crippen LogP) is 3.60. The second-order valence-electron chi connectivity index (χ2n) is 5.44. The van der Waals surface area contributed by atoms with E-state index in [9.17, 15) is 0 Å². The lowest BCUT2D eigenvalue weighted by molar-refractivity contribution is 0.111. The molecule has 0 saturated heterocycles. The van der Waals surface area contributed by atoms with Crippen molar-refractivity contribution in [2.24, 2.45) is 0 Å². The van der Waals surface area contributed by atoms with E-state index in [0.29, 0.717) is 0 Å². The van der Waals surface area contributed by atoms with Crippen molar-refractivity contribution in [3.05, 3.63) is 36.1 Å². The van der Waals surface area contributed by atoms with Gasteiger partial charge >= 0.3 is 0 Å². The van der Waals surface area contributed by atoms with Crippen molar-refractivity contribution in [1.29, 1.82) is 0 Å². The van der Waals surface area contributed by atoms with Gasteiger partial charge in [-0.05, 0) is 44.0 Å². The van der Waals surface area contributed by atoms with Crippen molar-refractivity contribution < 1.29 is 9.47 Å². The smallest absolute Gasteiger partial charge is 0.133 e. The Labute approximate surface area is 131 Å². The highest BCUT2D eigenvalue weighted by Gasteiger charge is 2.31. The first-order valence-electron chi connectivity index (χ1n) is 7.83. The monoisotopic (exact) mass is 305 g/mol. The summed E-state index contributed by atoms with van der Waals surface area (Å²) in [5.41, 5.74) is 0. The van der Waals surface area contributed by atoms with Crippen molar-refractivity contribution in [1.82, 2.24) is 5.32 Å². The molecule has 1 N–H and O–H groups in total. The predicted molar refractivity (Wildman–Crippen MR) is 86.9 cm³/mol. The van der Waals surface area contributed by atoms with E-state index in [2.05, 4.69) is 36.5 Å². The molecule has 0 saturated carbocycles. The molecule has 2 atom stereocenters. The minimum Gasteiger partial charge on any atom is -0.496 e. The van der Waals surface area contributed by atoms with E-state index in [0.717, 1.165) is 49.7 Å². The van der Waals surface area contributed by atoms with Gasteiger partial charge in [-0.2, -0.15) is 0 Å². The maximum absolute atomic E-state index is 6.24. The van der Waals surface area contributed by atoms with Crippen LogP contribution in [0, 0.1) is 0 Å². The summed E-state index contributed by atoms with van der Waals surface area (Å²) in [5.74, 6) is 3.03. The molecule has 0 aromatic heterocycles. The van der Waals surface area contributed by atoms with E-state index < -0.39 is 0 Å². The molecule has 4 heteroatoms.